The predicted octanol–water partition coefficient (Wildman–Crippen LogP) is 2.86. The molecule has 2 heterocycles. The van der Waals surface area contributed by atoms with Crippen LogP contribution in [0.15, 0.2) is 36.4 Å². The number of pyridine rings is 1. The van der Waals surface area contributed by atoms with Crippen LogP contribution < -0.4 is 0 Å². The van der Waals surface area contributed by atoms with Gasteiger partial charge in [-0.3, -0.25) is 9.67 Å². The summed E-state index contributed by atoms with van der Waals surface area (Å²) in [6.07, 6.45) is -0.0171. The number of fused-ring (bicyclic) bond motifs is 1. The second-order valence-electron chi connectivity index (χ2n) is 5.49. The number of aliphatic hydroxyl groups excluding tert-OH is 1. The van der Waals surface area contributed by atoms with E-state index in [-0.39, 0.29) is 0 Å². The third-order valence-electron chi connectivity index (χ3n) is 3.74. The zero-order valence-electron chi connectivity index (χ0n) is 12.5. The van der Waals surface area contributed by atoms with Crippen LogP contribution >= 0.6 is 0 Å². The Morgan fingerprint density at radius 1 is 1.14 bits per heavy atom. The molecule has 1 atom stereocenters. The quantitative estimate of drug-likeness (QED) is 0.803. The number of para-hydroxylation sites is 1. The molecule has 1 N–H and O–H groups in total. The molecule has 2 aromatic heterocycles. The van der Waals surface area contributed by atoms with Gasteiger partial charge in [0, 0.05) is 30.2 Å². The lowest BCUT2D eigenvalue weighted by Crippen LogP contribution is -2.07. The van der Waals surface area contributed by atoms with Crippen LogP contribution in [-0.2, 0) is 13.5 Å². The molecule has 0 aliphatic heterocycles. The minimum absolute atomic E-state index is 0.546. The van der Waals surface area contributed by atoms with Gasteiger partial charge in [-0.05, 0) is 37.6 Å². The van der Waals surface area contributed by atoms with Crippen LogP contribution in [0, 0.1) is 13.8 Å². The molecule has 1 unspecified atom stereocenters. The molecule has 0 bridgehead atoms. The van der Waals surface area contributed by atoms with Gasteiger partial charge < -0.3 is 5.11 Å². The highest BCUT2D eigenvalue weighted by atomic mass is 16.3. The van der Waals surface area contributed by atoms with E-state index in [4.69, 9.17) is 0 Å². The molecule has 0 amide bonds. The Morgan fingerprint density at radius 3 is 2.62 bits per heavy atom. The summed E-state index contributed by atoms with van der Waals surface area (Å²) in [5.41, 5.74) is 4.77. The van der Waals surface area contributed by atoms with Crippen LogP contribution in [0.4, 0.5) is 0 Å². The van der Waals surface area contributed by atoms with Gasteiger partial charge in [0.05, 0.1) is 17.3 Å². The van der Waals surface area contributed by atoms with Gasteiger partial charge in [0.1, 0.15) is 0 Å². The third-order valence-corrected chi connectivity index (χ3v) is 3.74. The zero-order valence-corrected chi connectivity index (χ0v) is 12.5. The first-order chi connectivity index (χ1) is 10.0. The molecular weight excluding hydrogens is 262 g/mol. The molecule has 0 saturated heterocycles. The maximum Gasteiger partial charge on any atom is 0.0852 e. The molecule has 1 aromatic carbocycles. The summed E-state index contributed by atoms with van der Waals surface area (Å²) < 4.78 is 1.83. The number of aliphatic hydroxyl groups is 1. The zero-order chi connectivity index (χ0) is 15.0. The van der Waals surface area contributed by atoms with Gasteiger partial charge in [0.2, 0.25) is 0 Å². The summed E-state index contributed by atoms with van der Waals surface area (Å²) in [6, 6.07) is 11.9. The molecule has 0 fully saturated rings. The Morgan fingerprint density at radius 2 is 1.90 bits per heavy atom. The van der Waals surface area contributed by atoms with Crippen LogP contribution in [0.3, 0.4) is 0 Å². The standard InChI is InChI=1S/C17H19N3O/c1-11-9-15(14-6-4-5-7-16(14)18-11)17(21)10-13-8-12(2)19-20(13)3/h4-9,17,21H,10H2,1-3H3. The van der Waals surface area contributed by atoms with E-state index in [0.29, 0.717) is 6.42 Å². The number of benzene rings is 1. The van der Waals surface area contributed by atoms with Gasteiger partial charge in [0.25, 0.3) is 0 Å². The number of hydrogen-bond donors (Lipinski definition) is 1. The number of nitrogens with zero attached hydrogens (tertiary/aromatic N) is 3. The second kappa shape index (κ2) is 5.30. The van der Waals surface area contributed by atoms with E-state index in [2.05, 4.69) is 10.1 Å². The Balaban J connectivity index is 2.01. The van der Waals surface area contributed by atoms with Gasteiger partial charge in [-0.1, -0.05) is 18.2 Å². The molecule has 108 valence electrons. The molecule has 3 aromatic rings. The third kappa shape index (κ3) is 2.67. The molecule has 4 heteroatoms. The molecule has 0 aliphatic rings. The molecule has 0 radical (unpaired) electrons. The number of rotatable bonds is 3. The van der Waals surface area contributed by atoms with Crippen molar-refractivity contribution in [1.29, 1.82) is 0 Å². The number of aryl methyl sites for hydroxylation is 3. The average molecular weight is 281 g/mol. The van der Waals surface area contributed by atoms with Gasteiger partial charge in [-0.2, -0.15) is 5.10 Å². The van der Waals surface area contributed by atoms with Gasteiger partial charge in [-0.25, -0.2) is 0 Å². The van der Waals surface area contributed by atoms with Crippen LogP contribution in [0.2, 0.25) is 0 Å². The van der Waals surface area contributed by atoms with Crippen molar-refractivity contribution in [2.45, 2.75) is 26.4 Å². The monoisotopic (exact) mass is 281 g/mol. The van der Waals surface area contributed by atoms with E-state index in [1.165, 1.54) is 0 Å². The molecule has 21 heavy (non-hydrogen) atoms. The van der Waals surface area contributed by atoms with Crippen LogP contribution in [-0.4, -0.2) is 19.9 Å². The lowest BCUT2D eigenvalue weighted by Gasteiger charge is -2.14. The average Bonchev–Trinajstić information content (AvgIpc) is 2.75. The largest absolute Gasteiger partial charge is 0.388 e. The van der Waals surface area contributed by atoms with E-state index in [0.717, 1.165) is 33.5 Å². The van der Waals surface area contributed by atoms with Gasteiger partial charge in [0.15, 0.2) is 0 Å². The van der Waals surface area contributed by atoms with Crippen LogP contribution in [0.1, 0.15) is 28.7 Å². The maximum atomic E-state index is 10.7. The molecule has 4 nitrogen and oxygen atoms in total. The smallest absolute Gasteiger partial charge is 0.0852 e. The fraction of sp³-hybridized carbons (Fsp3) is 0.294. The topological polar surface area (TPSA) is 50.9 Å². The Labute approximate surface area is 124 Å². The van der Waals surface area contributed by atoms with E-state index < -0.39 is 6.10 Å². The highest BCUT2D eigenvalue weighted by Crippen LogP contribution is 2.26. The van der Waals surface area contributed by atoms with Crippen molar-refractivity contribution in [2.24, 2.45) is 7.05 Å². The van der Waals surface area contributed by atoms with Crippen molar-refractivity contribution < 1.29 is 5.11 Å². The fourth-order valence-electron chi connectivity index (χ4n) is 2.78. The number of aromatic nitrogens is 3. The van der Waals surface area contributed by atoms with Gasteiger partial charge >= 0.3 is 0 Å². The Hall–Kier alpha value is -2.20. The van der Waals surface area contributed by atoms with E-state index in [9.17, 15) is 5.11 Å². The molecule has 3 rings (SSSR count). The highest BCUT2D eigenvalue weighted by Gasteiger charge is 2.15. The van der Waals surface area contributed by atoms with Crippen molar-refractivity contribution >= 4 is 10.9 Å². The first-order valence-electron chi connectivity index (χ1n) is 7.08. The lowest BCUT2D eigenvalue weighted by molar-refractivity contribution is 0.177. The summed E-state index contributed by atoms with van der Waals surface area (Å²) in [6.45, 7) is 3.92. The molecular formula is C17H19N3O. The van der Waals surface area contributed by atoms with Crippen molar-refractivity contribution in [1.82, 2.24) is 14.8 Å². The van der Waals surface area contributed by atoms with Crippen molar-refractivity contribution in [3.63, 3.8) is 0 Å². The molecule has 0 aliphatic carbocycles. The lowest BCUT2D eigenvalue weighted by atomic mass is 9.99. The summed E-state index contributed by atoms with van der Waals surface area (Å²) >= 11 is 0. The minimum Gasteiger partial charge on any atom is -0.388 e. The Kier molecular flexibility index (Phi) is 3.47. The molecule has 0 saturated carbocycles. The Bertz CT molecular complexity index is 792. The van der Waals surface area contributed by atoms with E-state index >= 15 is 0 Å². The van der Waals surface area contributed by atoms with Crippen LogP contribution in [0.5, 0.6) is 0 Å². The van der Waals surface area contributed by atoms with Crippen molar-refractivity contribution in [2.75, 3.05) is 0 Å². The van der Waals surface area contributed by atoms with Crippen molar-refractivity contribution in [3.05, 3.63) is 59.0 Å². The molecule has 0 spiro atoms. The highest BCUT2D eigenvalue weighted by molar-refractivity contribution is 5.82. The van der Waals surface area contributed by atoms with Crippen molar-refractivity contribution in [3.8, 4) is 0 Å². The summed E-state index contributed by atoms with van der Waals surface area (Å²) in [4.78, 5) is 4.52. The number of hydrogen-bond acceptors (Lipinski definition) is 3. The first-order valence-corrected chi connectivity index (χ1v) is 7.08. The van der Waals surface area contributed by atoms with E-state index in [1.54, 1.807) is 0 Å². The van der Waals surface area contributed by atoms with Gasteiger partial charge in [-0.15, -0.1) is 0 Å². The summed E-state index contributed by atoms with van der Waals surface area (Å²) in [7, 11) is 1.91. The minimum atomic E-state index is -0.564. The predicted molar refractivity (Wildman–Crippen MR) is 83.1 cm³/mol. The summed E-state index contributed by atoms with van der Waals surface area (Å²) in [5.74, 6) is 0. The van der Waals surface area contributed by atoms with Crippen LogP contribution in [0.25, 0.3) is 10.9 Å². The SMILES string of the molecule is Cc1cc(C(O)Cc2cc(C)nn2C)c2ccccc2n1. The first kappa shape index (κ1) is 13.8. The normalized spacial score (nSPS) is 12.8. The maximum absolute atomic E-state index is 10.7. The van der Waals surface area contributed by atoms with E-state index in [1.807, 2.05) is 62.0 Å². The second-order valence-corrected chi connectivity index (χ2v) is 5.49. The summed E-state index contributed by atoms with van der Waals surface area (Å²) in [5, 5.41) is 16.0. The fourth-order valence-corrected chi connectivity index (χ4v) is 2.78.